The summed E-state index contributed by atoms with van der Waals surface area (Å²) in [6.07, 6.45) is 1.62. The van der Waals surface area contributed by atoms with Crippen molar-refractivity contribution in [1.29, 1.82) is 0 Å². The normalized spacial score (nSPS) is 12.4. The minimum absolute atomic E-state index is 0.211. The van der Waals surface area contributed by atoms with Crippen molar-refractivity contribution in [1.82, 2.24) is 0 Å². The van der Waals surface area contributed by atoms with Gasteiger partial charge in [0.05, 0.1) is 0 Å². The molecular formula is C16H14Br2ClF. The second kappa shape index (κ2) is 7.58. The molecule has 20 heavy (non-hydrogen) atoms. The maximum atomic E-state index is 13.3. The van der Waals surface area contributed by atoms with E-state index < -0.39 is 0 Å². The zero-order valence-corrected chi connectivity index (χ0v) is 14.7. The van der Waals surface area contributed by atoms with E-state index in [1.165, 1.54) is 11.6 Å². The van der Waals surface area contributed by atoms with Crippen molar-refractivity contribution in [3.8, 4) is 0 Å². The molecule has 2 aromatic rings. The highest BCUT2D eigenvalue weighted by Crippen LogP contribution is 2.26. The lowest BCUT2D eigenvalue weighted by atomic mass is 9.94. The molecule has 0 aliphatic heterocycles. The topological polar surface area (TPSA) is 0 Å². The summed E-state index contributed by atoms with van der Waals surface area (Å²) >= 11 is 13.1. The molecule has 0 spiro atoms. The first-order chi connectivity index (χ1) is 9.60. The van der Waals surface area contributed by atoms with Gasteiger partial charge in [0, 0.05) is 14.8 Å². The van der Waals surface area contributed by atoms with Gasteiger partial charge in [-0.25, -0.2) is 4.39 Å². The highest BCUT2D eigenvalue weighted by Gasteiger charge is 2.13. The van der Waals surface area contributed by atoms with Crippen LogP contribution in [0.2, 0.25) is 0 Å². The summed E-state index contributed by atoms with van der Waals surface area (Å²) in [5.41, 5.74) is 2.19. The van der Waals surface area contributed by atoms with Crippen molar-refractivity contribution in [3.05, 3.63) is 68.4 Å². The van der Waals surface area contributed by atoms with E-state index in [2.05, 4.69) is 37.9 Å². The standard InChI is InChI=1S/C16H14Br2ClF/c17-15-4-2-1-3-12(15)7-11(10-19)8-13-9-14(20)5-6-16(13)18/h1-6,9,11H,7-8,10H2. The number of rotatable bonds is 5. The summed E-state index contributed by atoms with van der Waals surface area (Å²) in [4.78, 5) is 0. The first-order valence-electron chi connectivity index (χ1n) is 6.33. The smallest absolute Gasteiger partial charge is 0.123 e. The second-order valence-corrected chi connectivity index (χ2v) is 6.77. The summed E-state index contributed by atoms with van der Waals surface area (Å²) in [7, 11) is 0. The largest absolute Gasteiger partial charge is 0.207 e. The van der Waals surface area contributed by atoms with E-state index in [-0.39, 0.29) is 11.7 Å². The Morgan fingerprint density at radius 2 is 1.60 bits per heavy atom. The van der Waals surface area contributed by atoms with E-state index in [4.69, 9.17) is 11.6 Å². The van der Waals surface area contributed by atoms with E-state index in [0.717, 1.165) is 27.4 Å². The molecule has 1 atom stereocenters. The lowest BCUT2D eigenvalue weighted by Gasteiger charge is -2.16. The first-order valence-corrected chi connectivity index (χ1v) is 8.45. The molecule has 0 aliphatic rings. The molecule has 1 unspecified atom stereocenters. The minimum atomic E-state index is -0.211. The van der Waals surface area contributed by atoms with Crippen LogP contribution in [-0.4, -0.2) is 5.88 Å². The van der Waals surface area contributed by atoms with Crippen molar-refractivity contribution in [2.75, 3.05) is 5.88 Å². The molecule has 2 rings (SSSR count). The quantitative estimate of drug-likeness (QED) is 0.521. The third-order valence-electron chi connectivity index (χ3n) is 3.20. The van der Waals surface area contributed by atoms with E-state index in [1.807, 2.05) is 18.2 Å². The number of hydrogen-bond acceptors (Lipinski definition) is 0. The van der Waals surface area contributed by atoms with Crippen LogP contribution in [0.4, 0.5) is 4.39 Å². The van der Waals surface area contributed by atoms with Gasteiger partial charge in [0.25, 0.3) is 0 Å². The van der Waals surface area contributed by atoms with Crippen LogP contribution in [0, 0.1) is 11.7 Å². The molecule has 0 fully saturated rings. The summed E-state index contributed by atoms with van der Waals surface area (Å²) in [5, 5.41) is 0. The van der Waals surface area contributed by atoms with E-state index in [0.29, 0.717) is 5.88 Å². The molecule has 0 saturated heterocycles. The fraction of sp³-hybridized carbons (Fsp3) is 0.250. The third kappa shape index (κ3) is 4.31. The zero-order valence-electron chi connectivity index (χ0n) is 10.8. The van der Waals surface area contributed by atoms with Crippen LogP contribution in [0.3, 0.4) is 0 Å². The maximum Gasteiger partial charge on any atom is 0.123 e. The Bertz CT molecular complexity index is 586. The summed E-state index contributed by atoms with van der Waals surface area (Å²) in [5.74, 6) is 0.607. The van der Waals surface area contributed by atoms with Crippen LogP contribution in [-0.2, 0) is 12.8 Å². The molecule has 0 aromatic heterocycles. The van der Waals surface area contributed by atoms with Gasteiger partial charge in [-0.2, -0.15) is 0 Å². The molecule has 0 amide bonds. The summed E-state index contributed by atoms with van der Waals surface area (Å²) < 4.78 is 15.4. The molecule has 0 nitrogen and oxygen atoms in total. The average Bonchev–Trinajstić information content (AvgIpc) is 2.44. The molecule has 0 heterocycles. The Balaban J connectivity index is 2.13. The lowest BCUT2D eigenvalue weighted by molar-refractivity contribution is 0.574. The fourth-order valence-corrected chi connectivity index (χ4v) is 3.24. The number of hydrogen-bond donors (Lipinski definition) is 0. The first kappa shape index (κ1) is 16.0. The minimum Gasteiger partial charge on any atom is -0.207 e. The van der Waals surface area contributed by atoms with Gasteiger partial charge in [0.2, 0.25) is 0 Å². The van der Waals surface area contributed by atoms with E-state index in [1.54, 1.807) is 12.1 Å². The summed E-state index contributed by atoms with van der Waals surface area (Å²) in [6, 6.07) is 12.9. The Kier molecular flexibility index (Phi) is 6.06. The van der Waals surface area contributed by atoms with Crippen LogP contribution in [0.5, 0.6) is 0 Å². The van der Waals surface area contributed by atoms with Gasteiger partial charge in [0.15, 0.2) is 0 Å². The predicted octanol–water partition coefficient (Wildman–Crippen LogP) is 5.99. The molecular weight excluding hydrogens is 406 g/mol. The van der Waals surface area contributed by atoms with Gasteiger partial charge >= 0.3 is 0 Å². The third-order valence-corrected chi connectivity index (χ3v) is 5.18. The van der Waals surface area contributed by atoms with Crippen molar-refractivity contribution < 1.29 is 4.39 Å². The Morgan fingerprint density at radius 3 is 2.30 bits per heavy atom. The second-order valence-electron chi connectivity index (χ2n) is 4.76. The van der Waals surface area contributed by atoms with Gasteiger partial charge in [-0.1, -0.05) is 50.1 Å². The molecule has 0 bridgehead atoms. The number of halogens is 4. The van der Waals surface area contributed by atoms with E-state index >= 15 is 0 Å². The molecule has 0 radical (unpaired) electrons. The summed E-state index contributed by atoms with van der Waals surface area (Å²) in [6.45, 7) is 0. The van der Waals surface area contributed by atoms with Gasteiger partial charge in [-0.3, -0.25) is 0 Å². The van der Waals surface area contributed by atoms with Gasteiger partial charge in [-0.05, 0) is 54.2 Å². The Labute approximate surface area is 140 Å². The van der Waals surface area contributed by atoms with Crippen LogP contribution in [0.25, 0.3) is 0 Å². The molecule has 106 valence electrons. The molecule has 0 saturated carbocycles. The molecule has 0 aliphatic carbocycles. The van der Waals surface area contributed by atoms with Crippen LogP contribution >= 0.6 is 43.5 Å². The SMILES string of the molecule is Fc1ccc(Br)c(CC(CCl)Cc2ccccc2Br)c1. The maximum absolute atomic E-state index is 13.3. The van der Waals surface area contributed by atoms with Crippen LogP contribution in [0.1, 0.15) is 11.1 Å². The lowest BCUT2D eigenvalue weighted by Crippen LogP contribution is -2.11. The Morgan fingerprint density at radius 1 is 0.950 bits per heavy atom. The Hall–Kier alpha value is -0.380. The zero-order chi connectivity index (χ0) is 14.5. The van der Waals surface area contributed by atoms with Gasteiger partial charge in [0.1, 0.15) is 5.82 Å². The van der Waals surface area contributed by atoms with Crippen molar-refractivity contribution in [3.63, 3.8) is 0 Å². The molecule has 4 heteroatoms. The van der Waals surface area contributed by atoms with E-state index in [9.17, 15) is 4.39 Å². The van der Waals surface area contributed by atoms with Crippen molar-refractivity contribution >= 4 is 43.5 Å². The average molecular weight is 421 g/mol. The van der Waals surface area contributed by atoms with Crippen LogP contribution < -0.4 is 0 Å². The van der Waals surface area contributed by atoms with Gasteiger partial charge < -0.3 is 0 Å². The molecule has 0 N–H and O–H groups in total. The monoisotopic (exact) mass is 418 g/mol. The van der Waals surface area contributed by atoms with Crippen molar-refractivity contribution in [2.45, 2.75) is 12.8 Å². The number of alkyl halides is 1. The van der Waals surface area contributed by atoms with Gasteiger partial charge in [-0.15, -0.1) is 11.6 Å². The predicted molar refractivity (Wildman–Crippen MR) is 89.9 cm³/mol. The highest BCUT2D eigenvalue weighted by molar-refractivity contribution is 9.10. The van der Waals surface area contributed by atoms with Crippen molar-refractivity contribution in [2.24, 2.45) is 5.92 Å². The van der Waals surface area contributed by atoms with Crippen LogP contribution in [0.15, 0.2) is 51.4 Å². The highest BCUT2D eigenvalue weighted by atomic mass is 79.9. The molecule has 2 aromatic carbocycles. The fourth-order valence-electron chi connectivity index (χ4n) is 2.17. The number of benzene rings is 2.